The summed E-state index contributed by atoms with van der Waals surface area (Å²) in [7, 11) is 3.17. The molecule has 0 aliphatic carbocycles. The molecule has 0 unspecified atom stereocenters. The van der Waals surface area contributed by atoms with Crippen LogP contribution in [0.3, 0.4) is 0 Å². The van der Waals surface area contributed by atoms with Crippen LogP contribution in [0.25, 0.3) is 22.6 Å². The number of aromatic nitrogens is 1. The van der Waals surface area contributed by atoms with Crippen LogP contribution in [0, 0.1) is 0 Å². The number of nitrogens with zero attached hydrogens (tertiary/aromatic N) is 1. The standard InChI is InChI=1S/C23H29NO4/c1-22(2,3)14-12-15(23(4,5)6)18(25)20-17(14)24-21(28-20)13-10-9-11-16(26-7)19(13)27-8/h9-12,25H,1-8H3. The summed E-state index contributed by atoms with van der Waals surface area (Å²) in [5.74, 6) is 1.66. The number of phenols is 1. The van der Waals surface area contributed by atoms with E-state index in [2.05, 4.69) is 41.5 Å². The van der Waals surface area contributed by atoms with Gasteiger partial charge in [0.25, 0.3) is 0 Å². The number of para-hydroxylation sites is 1. The molecule has 0 bridgehead atoms. The Morgan fingerprint density at radius 1 is 0.929 bits per heavy atom. The number of methoxy groups -OCH3 is 2. The van der Waals surface area contributed by atoms with Crippen molar-refractivity contribution < 1.29 is 19.0 Å². The molecule has 0 radical (unpaired) electrons. The Hall–Kier alpha value is -2.69. The van der Waals surface area contributed by atoms with Crippen LogP contribution in [0.5, 0.6) is 17.2 Å². The van der Waals surface area contributed by atoms with Gasteiger partial charge < -0.3 is 19.0 Å². The number of rotatable bonds is 3. The van der Waals surface area contributed by atoms with E-state index in [9.17, 15) is 5.11 Å². The topological polar surface area (TPSA) is 64.7 Å². The Bertz CT molecular complexity index is 1020. The molecule has 1 aromatic heterocycles. The molecule has 0 aliphatic rings. The van der Waals surface area contributed by atoms with Gasteiger partial charge in [-0.05, 0) is 34.6 Å². The quantitative estimate of drug-likeness (QED) is 0.618. The van der Waals surface area contributed by atoms with Crippen LogP contribution in [0.2, 0.25) is 0 Å². The number of oxazole rings is 1. The Morgan fingerprint density at radius 3 is 2.11 bits per heavy atom. The lowest BCUT2D eigenvalue weighted by Crippen LogP contribution is -2.17. The van der Waals surface area contributed by atoms with Crippen molar-refractivity contribution in [2.75, 3.05) is 14.2 Å². The van der Waals surface area contributed by atoms with Crippen molar-refractivity contribution >= 4 is 11.1 Å². The lowest BCUT2D eigenvalue weighted by atomic mass is 9.79. The van der Waals surface area contributed by atoms with Crippen molar-refractivity contribution in [3.05, 3.63) is 35.4 Å². The minimum Gasteiger partial charge on any atom is -0.504 e. The molecule has 2 aromatic carbocycles. The second kappa shape index (κ2) is 6.73. The summed E-state index contributed by atoms with van der Waals surface area (Å²) in [6.45, 7) is 12.6. The highest BCUT2D eigenvalue weighted by atomic mass is 16.5. The van der Waals surface area contributed by atoms with Crippen LogP contribution in [-0.2, 0) is 10.8 Å². The van der Waals surface area contributed by atoms with E-state index in [0.717, 1.165) is 11.1 Å². The minimum atomic E-state index is -0.237. The molecule has 28 heavy (non-hydrogen) atoms. The average Bonchev–Trinajstić information content (AvgIpc) is 3.04. The van der Waals surface area contributed by atoms with Gasteiger partial charge in [0.15, 0.2) is 22.8 Å². The van der Waals surface area contributed by atoms with Crippen LogP contribution in [0.1, 0.15) is 52.7 Å². The Kier molecular flexibility index (Phi) is 4.82. The predicted octanol–water partition coefficient (Wildman–Crippen LogP) is 5.81. The molecule has 0 aliphatic heterocycles. The number of phenolic OH excluding ortho intramolecular Hbond substituents is 1. The zero-order chi connectivity index (χ0) is 20.9. The third-order valence-corrected chi connectivity index (χ3v) is 4.89. The highest BCUT2D eigenvalue weighted by Gasteiger charge is 2.30. The first-order valence-corrected chi connectivity index (χ1v) is 9.38. The van der Waals surface area contributed by atoms with Gasteiger partial charge in [0.05, 0.1) is 19.8 Å². The van der Waals surface area contributed by atoms with Crippen LogP contribution >= 0.6 is 0 Å². The number of benzene rings is 2. The number of hydrogen-bond donors (Lipinski definition) is 1. The third kappa shape index (κ3) is 3.30. The number of aromatic hydroxyl groups is 1. The largest absolute Gasteiger partial charge is 0.504 e. The Morgan fingerprint density at radius 2 is 1.57 bits per heavy atom. The maximum atomic E-state index is 11.0. The van der Waals surface area contributed by atoms with Crippen molar-refractivity contribution in [2.24, 2.45) is 0 Å². The molecular formula is C23H29NO4. The molecule has 0 amide bonds. The van der Waals surface area contributed by atoms with E-state index >= 15 is 0 Å². The lowest BCUT2D eigenvalue weighted by molar-refractivity contribution is 0.355. The van der Waals surface area contributed by atoms with E-state index in [1.165, 1.54) is 0 Å². The van der Waals surface area contributed by atoms with Crippen molar-refractivity contribution in [3.8, 4) is 28.7 Å². The maximum absolute atomic E-state index is 11.0. The summed E-state index contributed by atoms with van der Waals surface area (Å²) in [6.07, 6.45) is 0. The normalized spacial score (nSPS) is 12.4. The van der Waals surface area contributed by atoms with E-state index in [4.69, 9.17) is 18.9 Å². The van der Waals surface area contributed by atoms with Gasteiger partial charge in [-0.25, -0.2) is 4.98 Å². The zero-order valence-corrected chi connectivity index (χ0v) is 17.9. The van der Waals surface area contributed by atoms with Gasteiger partial charge in [0, 0.05) is 5.56 Å². The first-order valence-electron chi connectivity index (χ1n) is 9.38. The monoisotopic (exact) mass is 383 g/mol. The van der Waals surface area contributed by atoms with Gasteiger partial charge in [-0.3, -0.25) is 0 Å². The molecule has 0 saturated heterocycles. The fraction of sp³-hybridized carbons (Fsp3) is 0.435. The molecule has 5 nitrogen and oxygen atoms in total. The van der Waals surface area contributed by atoms with Crippen LogP contribution in [0.15, 0.2) is 28.7 Å². The fourth-order valence-electron chi connectivity index (χ4n) is 3.38. The molecule has 0 saturated carbocycles. The lowest BCUT2D eigenvalue weighted by Gasteiger charge is -2.25. The van der Waals surface area contributed by atoms with E-state index in [1.807, 2.05) is 24.3 Å². The van der Waals surface area contributed by atoms with E-state index in [1.54, 1.807) is 14.2 Å². The number of ether oxygens (including phenoxy) is 2. The predicted molar refractivity (Wildman–Crippen MR) is 112 cm³/mol. The van der Waals surface area contributed by atoms with Gasteiger partial charge in [-0.2, -0.15) is 0 Å². The molecule has 1 N–H and O–H groups in total. The number of fused-ring (bicyclic) bond motifs is 1. The van der Waals surface area contributed by atoms with Gasteiger partial charge in [0.2, 0.25) is 5.89 Å². The molecule has 0 spiro atoms. The number of hydrogen-bond acceptors (Lipinski definition) is 5. The maximum Gasteiger partial charge on any atom is 0.231 e. The summed E-state index contributed by atoms with van der Waals surface area (Å²) in [4.78, 5) is 4.76. The summed E-state index contributed by atoms with van der Waals surface area (Å²) in [6, 6.07) is 7.59. The Balaban J connectivity index is 2.37. The SMILES string of the molecule is COc1cccc(-c2nc3c(C(C)(C)C)cc(C(C)(C)C)c(O)c3o2)c1OC. The van der Waals surface area contributed by atoms with E-state index in [-0.39, 0.29) is 16.6 Å². The van der Waals surface area contributed by atoms with Gasteiger partial charge in [-0.15, -0.1) is 0 Å². The zero-order valence-electron chi connectivity index (χ0n) is 17.9. The van der Waals surface area contributed by atoms with E-state index < -0.39 is 0 Å². The van der Waals surface area contributed by atoms with Crippen LogP contribution < -0.4 is 9.47 Å². The highest BCUT2D eigenvalue weighted by Crippen LogP contribution is 2.45. The second-order valence-corrected chi connectivity index (χ2v) is 9.06. The molecule has 3 aromatic rings. The van der Waals surface area contributed by atoms with Crippen LogP contribution in [0.4, 0.5) is 0 Å². The first-order chi connectivity index (χ1) is 13.0. The fourth-order valence-corrected chi connectivity index (χ4v) is 3.38. The summed E-state index contributed by atoms with van der Waals surface area (Å²) >= 11 is 0. The minimum absolute atomic E-state index is 0.135. The van der Waals surface area contributed by atoms with E-state index in [0.29, 0.717) is 34.1 Å². The molecular weight excluding hydrogens is 354 g/mol. The van der Waals surface area contributed by atoms with Crippen LogP contribution in [-0.4, -0.2) is 24.3 Å². The summed E-state index contributed by atoms with van der Waals surface area (Å²) in [5, 5.41) is 11.0. The van der Waals surface area contributed by atoms with Gasteiger partial charge in [-0.1, -0.05) is 47.6 Å². The van der Waals surface area contributed by atoms with Gasteiger partial charge >= 0.3 is 0 Å². The van der Waals surface area contributed by atoms with Crippen molar-refractivity contribution in [3.63, 3.8) is 0 Å². The molecule has 5 heteroatoms. The van der Waals surface area contributed by atoms with Gasteiger partial charge in [0.1, 0.15) is 5.52 Å². The average molecular weight is 383 g/mol. The highest BCUT2D eigenvalue weighted by molar-refractivity contribution is 5.88. The summed E-state index contributed by atoms with van der Waals surface area (Å²) < 4.78 is 17.0. The Labute approximate surface area is 166 Å². The second-order valence-electron chi connectivity index (χ2n) is 9.06. The third-order valence-electron chi connectivity index (χ3n) is 4.89. The van der Waals surface area contributed by atoms with Crippen molar-refractivity contribution in [2.45, 2.75) is 52.4 Å². The molecule has 0 fully saturated rings. The van der Waals surface area contributed by atoms with Crippen molar-refractivity contribution in [1.29, 1.82) is 0 Å². The molecule has 0 atom stereocenters. The first kappa shape index (κ1) is 20.1. The summed E-state index contributed by atoms with van der Waals surface area (Å²) in [5.41, 5.74) is 3.20. The molecule has 3 rings (SSSR count). The smallest absolute Gasteiger partial charge is 0.231 e. The van der Waals surface area contributed by atoms with Crippen molar-refractivity contribution in [1.82, 2.24) is 4.98 Å². The molecule has 150 valence electrons. The molecule has 1 heterocycles.